The van der Waals surface area contributed by atoms with Crippen molar-refractivity contribution in [2.75, 3.05) is 46.5 Å². The highest BCUT2D eigenvalue weighted by atomic mass is 16.5. The molecule has 0 spiro atoms. The minimum atomic E-state index is -0.814. The van der Waals surface area contributed by atoms with Gasteiger partial charge in [0.25, 0.3) is 11.7 Å². The normalized spacial score (nSPS) is 21.2. The summed E-state index contributed by atoms with van der Waals surface area (Å²) in [7, 11) is 1.46. The van der Waals surface area contributed by atoms with Gasteiger partial charge in [-0.15, -0.1) is 0 Å². The summed E-state index contributed by atoms with van der Waals surface area (Å²) < 4.78 is 10.4. The molecule has 32 heavy (non-hydrogen) atoms. The van der Waals surface area contributed by atoms with Crippen molar-refractivity contribution in [1.82, 2.24) is 14.8 Å². The van der Waals surface area contributed by atoms with Gasteiger partial charge < -0.3 is 24.6 Å². The average molecular weight is 439 g/mol. The number of hydrogen-bond donors (Lipinski definition) is 2. The number of rotatable bonds is 6. The molecule has 9 heteroatoms. The second-order valence-electron chi connectivity index (χ2n) is 7.62. The number of phenols is 1. The largest absolute Gasteiger partial charge is 0.507 e. The molecule has 2 saturated heterocycles. The number of methoxy groups -OCH3 is 1. The maximum absolute atomic E-state index is 13.0. The van der Waals surface area contributed by atoms with Crippen LogP contribution in [0.2, 0.25) is 0 Å². The van der Waals surface area contributed by atoms with Gasteiger partial charge in [0.2, 0.25) is 0 Å². The van der Waals surface area contributed by atoms with Gasteiger partial charge in [-0.05, 0) is 23.8 Å². The summed E-state index contributed by atoms with van der Waals surface area (Å²) in [5.74, 6) is -1.79. The zero-order valence-electron chi connectivity index (χ0n) is 17.7. The molecule has 2 aliphatic rings. The number of aromatic nitrogens is 1. The Morgan fingerprint density at radius 3 is 2.66 bits per heavy atom. The van der Waals surface area contributed by atoms with E-state index in [0.717, 1.165) is 13.1 Å². The molecule has 1 atom stereocenters. The number of pyridine rings is 1. The van der Waals surface area contributed by atoms with Crippen molar-refractivity contribution in [2.45, 2.75) is 6.04 Å². The van der Waals surface area contributed by atoms with Gasteiger partial charge in [0.1, 0.15) is 17.3 Å². The molecule has 2 fully saturated rings. The molecule has 1 amide bonds. The minimum Gasteiger partial charge on any atom is -0.507 e. The lowest BCUT2D eigenvalue weighted by molar-refractivity contribution is -0.140. The predicted octanol–water partition coefficient (Wildman–Crippen LogP) is 1.55. The van der Waals surface area contributed by atoms with Crippen LogP contribution in [0.3, 0.4) is 0 Å². The zero-order valence-corrected chi connectivity index (χ0v) is 17.7. The maximum Gasteiger partial charge on any atom is 0.295 e. The molecule has 0 bridgehead atoms. The van der Waals surface area contributed by atoms with Gasteiger partial charge in [-0.1, -0.05) is 6.07 Å². The topological polar surface area (TPSA) is 112 Å². The SMILES string of the molecule is COc1ccc(C(O)=C2C(=O)C(=O)N(CCN3CCOCC3)C2c2cccnc2)c(O)c1. The van der Waals surface area contributed by atoms with Crippen LogP contribution in [0, 0.1) is 0 Å². The molecule has 2 aliphatic heterocycles. The fraction of sp³-hybridized carbons (Fsp3) is 0.348. The fourth-order valence-electron chi connectivity index (χ4n) is 4.05. The highest BCUT2D eigenvalue weighted by Gasteiger charge is 2.46. The first-order valence-electron chi connectivity index (χ1n) is 10.4. The van der Waals surface area contributed by atoms with E-state index in [4.69, 9.17) is 9.47 Å². The van der Waals surface area contributed by atoms with E-state index >= 15 is 0 Å². The molecule has 0 radical (unpaired) electrons. The van der Waals surface area contributed by atoms with E-state index in [-0.39, 0.29) is 16.9 Å². The number of amides is 1. The number of benzene rings is 1. The Labute approximate surface area is 185 Å². The summed E-state index contributed by atoms with van der Waals surface area (Å²) in [4.78, 5) is 33.8. The monoisotopic (exact) mass is 439 g/mol. The van der Waals surface area contributed by atoms with Gasteiger partial charge in [-0.25, -0.2) is 0 Å². The Morgan fingerprint density at radius 2 is 2.00 bits per heavy atom. The first-order chi connectivity index (χ1) is 15.5. The van der Waals surface area contributed by atoms with Gasteiger partial charge in [0.05, 0.1) is 37.5 Å². The second kappa shape index (κ2) is 9.37. The third kappa shape index (κ3) is 4.17. The van der Waals surface area contributed by atoms with Crippen LogP contribution in [-0.2, 0) is 14.3 Å². The number of carbonyl (C=O) groups is 2. The van der Waals surface area contributed by atoms with Crippen LogP contribution in [0.15, 0.2) is 48.3 Å². The number of aliphatic hydroxyl groups is 1. The van der Waals surface area contributed by atoms with Gasteiger partial charge in [0.15, 0.2) is 0 Å². The quantitative estimate of drug-likeness (QED) is 0.396. The molecule has 2 aromatic rings. The minimum absolute atomic E-state index is 0.0471. The van der Waals surface area contributed by atoms with E-state index in [9.17, 15) is 19.8 Å². The second-order valence-corrected chi connectivity index (χ2v) is 7.62. The molecular weight excluding hydrogens is 414 g/mol. The molecule has 4 rings (SSSR count). The number of nitrogens with zero attached hydrogens (tertiary/aromatic N) is 3. The molecule has 9 nitrogen and oxygen atoms in total. The highest BCUT2D eigenvalue weighted by molar-refractivity contribution is 6.46. The first kappa shape index (κ1) is 21.8. The maximum atomic E-state index is 13.0. The highest BCUT2D eigenvalue weighted by Crippen LogP contribution is 2.40. The van der Waals surface area contributed by atoms with Crippen molar-refractivity contribution < 1.29 is 29.3 Å². The smallest absolute Gasteiger partial charge is 0.295 e. The number of ketones is 1. The first-order valence-corrected chi connectivity index (χ1v) is 10.4. The van der Waals surface area contributed by atoms with E-state index in [2.05, 4.69) is 9.88 Å². The molecule has 1 unspecified atom stereocenters. The van der Waals surface area contributed by atoms with Crippen molar-refractivity contribution in [3.8, 4) is 11.5 Å². The fourth-order valence-corrected chi connectivity index (χ4v) is 4.05. The number of aliphatic hydroxyl groups excluding tert-OH is 1. The van der Waals surface area contributed by atoms with Gasteiger partial charge in [-0.2, -0.15) is 0 Å². The molecule has 2 N–H and O–H groups in total. The third-order valence-electron chi connectivity index (χ3n) is 5.76. The number of carbonyl (C=O) groups excluding carboxylic acids is 2. The van der Waals surface area contributed by atoms with Gasteiger partial charge in [-0.3, -0.25) is 19.5 Å². The number of aromatic hydroxyl groups is 1. The number of Topliss-reactive ketones (excluding diaryl/α,β-unsaturated/α-hetero) is 1. The summed E-state index contributed by atoms with van der Waals surface area (Å²) in [6, 6.07) is 7.00. The Bertz CT molecular complexity index is 1030. The lowest BCUT2D eigenvalue weighted by Gasteiger charge is -2.30. The Morgan fingerprint density at radius 1 is 1.22 bits per heavy atom. The molecule has 3 heterocycles. The van der Waals surface area contributed by atoms with Crippen LogP contribution in [0.1, 0.15) is 17.2 Å². The van der Waals surface area contributed by atoms with E-state index < -0.39 is 23.5 Å². The standard InChI is InChI=1S/C23H25N3O6/c1-31-16-4-5-17(18(27)13-16)21(28)19-20(15-3-2-6-24-14-15)26(23(30)22(19)29)8-7-25-9-11-32-12-10-25/h2-6,13-14,20,27-28H,7-12H2,1H3. The number of hydrogen-bond acceptors (Lipinski definition) is 8. The molecule has 0 aliphatic carbocycles. The molecule has 168 valence electrons. The lowest BCUT2D eigenvalue weighted by atomic mass is 9.96. The van der Waals surface area contributed by atoms with Crippen LogP contribution in [0.25, 0.3) is 5.76 Å². The van der Waals surface area contributed by atoms with Crippen molar-refractivity contribution >= 4 is 17.4 Å². The van der Waals surface area contributed by atoms with E-state index in [1.165, 1.54) is 24.1 Å². The van der Waals surface area contributed by atoms with E-state index in [0.29, 0.717) is 37.6 Å². The summed E-state index contributed by atoms with van der Waals surface area (Å²) in [5.41, 5.74) is 0.569. The van der Waals surface area contributed by atoms with Crippen molar-refractivity contribution in [3.63, 3.8) is 0 Å². The van der Waals surface area contributed by atoms with Crippen molar-refractivity contribution in [3.05, 3.63) is 59.4 Å². The van der Waals surface area contributed by atoms with Gasteiger partial charge in [0, 0.05) is 44.6 Å². The van der Waals surface area contributed by atoms with E-state index in [1.54, 1.807) is 30.6 Å². The number of morpholine rings is 1. The number of likely N-dealkylation sites (tertiary alicyclic amines) is 1. The summed E-state index contributed by atoms with van der Waals surface area (Å²) in [5, 5.41) is 21.4. The van der Waals surface area contributed by atoms with Crippen LogP contribution in [-0.4, -0.2) is 83.2 Å². The lowest BCUT2D eigenvalue weighted by Crippen LogP contribution is -2.42. The third-order valence-corrected chi connectivity index (χ3v) is 5.76. The summed E-state index contributed by atoms with van der Waals surface area (Å²) in [6.07, 6.45) is 3.16. The van der Waals surface area contributed by atoms with Gasteiger partial charge >= 0.3 is 0 Å². The molecule has 0 saturated carbocycles. The summed E-state index contributed by atoms with van der Waals surface area (Å²) >= 11 is 0. The zero-order chi connectivity index (χ0) is 22.7. The van der Waals surface area contributed by atoms with Crippen molar-refractivity contribution in [2.24, 2.45) is 0 Å². The number of ether oxygens (including phenoxy) is 2. The number of phenolic OH excluding ortho intramolecular Hbond substituents is 1. The summed E-state index contributed by atoms with van der Waals surface area (Å²) in [6.45, 7) is 3.63. The van der Waals surface area contributed by atoms with E-state index in [1.807, 2.05) is 0 Å². The molecule has 1 aromatic heterocycles. The van der Waals surface area contributed by atoms with Crippen LogP contribution < -0.4 is 4.74 Å². The molecular formula is C23H25N3O6. The Balaban J connectivity index is 1.73. The van der Waals surface area contributed by atoms with Crippen LogP contribution in [0.5, 0.6) is 11.5 Å². The van der Waals surface area contributed by atoms with Crippen LogP contribution >= 0.6 is 0 Å². The van der Waals surface area contributed by atoms with Crippen LogP contribution in [0.4, 0.5) is 0 Å². The van der Waals surface area contributed by atoms with Crippen molar-refractivity contribution in [1.29, 1.82) is 0 Å². The molecule has 1 aromatic carbocycles. The Hall–Kier alpha value is -3.43. The predicted molar refractivity (Wildman–Crippen MR) is 115 cm³/mol. The Kier molecular flexibility index (Phi) is 6.38. The average Bonchev–Trinajstić information content (AvgIpc) is 3.08.